The van der Waals surface area contributed by atoms with Crippen LogP contribution in [0, 0.1) is 11.8 Å². The molecule has 0 saturated carbocycles. The third kappa shape index (κ3) is 3.74. The maximum absolute atomic E-state index is 6.17. The maximum Gasteiger partial charge on any atom is 0.120 e. The van der Waals surface area contributed by atoms with Crippen LogP contribution in [0.25, 0.3) is 0 Å². The second-order valence-corrected chi connectivity index (χ2v) is 6.71. The Labute approximate surface area is 130 Å². The largest absolute Gasteiger partial charge is 0.490 e. The fourth-order valence-electron chi connectivity index (χ4n) is 2.94. The molecular weight excluding hydrogens is 282 g/mol. The quantitative estimate of drug-likeness (QED) is 0.852. The van der Waals surface area contributed by atoms with Crippen LogP contribution in [0.15, 0.2) is 24.3 Å². The summed E-state index contributed by atoms with van der Waals surface area (Å²) in [5, 5.41) is 0. The van der Waals surface area contributed by atoms with E-state index in [0.717, 1.165) is 42.9 Å². The highest BCUT2D eigenvalue weighted by Gasteiger charge is 2.41. The fourth-order valence-corrected chi connectivity index (χ4v) is 4.32. The summed E-state index contributed by atoms with van der Waals surface area (Å²) in [6.07, 6.45) is 3.36. The summed E-state index contributed by atoms with van der Waals surface area (Å²) in [4.78, 5) is 0. The number of ether oxygens (including phenoxy) is 2. The number of nitrogens with two attached hydrogens (primary N) is 1. The Morgan fingerprint density at radius 3 is 3.24 bits per heavy atom. The second kappa shape index (κ2) is 6.74. The van der Waals surface area contributed by atoms with Gasteiger partial charge in [-0.15, -0.1) is 0 Å². The van der Waals surface area contributed by atoms with Gasteiger partial charge >= 0.3 is 0 Å². The average molecular weight is 303 g/mol. The van der Waals surface area contributed by atoms with E-state index in [2.05, 4.69) is 11.8 Å². The lowest BCUT2D eigenvalue weighted by atomic mass is 9.91. The molecule has 0 aliphatic carbocycles. The van der Waals surface area contributed by atoms with E-state index < -0.39 is 0 Å². The number of thioether (sulfide) groups is 1. The lowest BCUT2D eigenvalue weighted by molar-refractivity contribution is -0.0958. The molecule has 2 unspecified atom stereocenters. The molecule has 0 bridgehead atoms. The van der Waals surface area contributed by atoms with E-state index >= 15 is 0 Å². The molecule has 0 radical (unpaired) electrons. The summed E-state index contributed by atoms with van der Waals surface area (Å²) in [7, 11) is 0. The van der Waals surface area contributed by atoms with E-state index in [4.69, 9.17) is 15.2 Å². The first kappa shape index (κ1) is 14.8. The molecule has 2 atom stereocenters. The maximum atomic E-state index is 6.17. The molecule has 1 aromatic rings. The molecule has 1 aromatic carbocycles. The Morgan fingerprint density at radius 2 is 2.43 bits per heavy atom. The van der Waals surface area contributed by atoms with E-state index in [0.29, 0.717) is 6.54 Å². The van der Waals surface area contributed by atoms with Gasteiger partial charge in [-0.05, 0) is 30.4 Å². The molecular formula is C17H21NO2S. The average Bonchev–Trinajstić information content (AvgIpc) is 2.93. The monoisotopic (exact) mass is 303 g/mol. The van der Waals surface area contributed by atoms with E-state index in [1.807, 2.05) is 36.0 Å². The molecule has 2 fully saturated rings. The third-order valence-electron chi connectivity index (χ3n) is 3.99. The minimum atomic E-state index is 0.0601. The topological polar surface area (TPSA) is 44.5 Å². The summed E-state index contributed by atoms with van der Waals surface area (Å²) in [5.74, 6) is 9.13. The number of hydrogen-bond acceptors (Lipinski definition) is 4. The van der Waals surface area contributed by atoms with Crippen molar-refractivity contribution in [3.05, 3.63) is 29.8 Å². The zero-order valence-electron chi connectivity index (χ0n) is 12.1. The zero-order chi connectivity index (χ0) is 14.5. The molecule has 2 aliphatic heterocycles. The summed E-state index contributed by atoms with van der Waals surface area (Å²) in [5.41, 5.74) is 6.42. The minimum Gasteiger partial charge on any atom is -0.490 e. The van der Waals surface area contributed by atoms with Gasteiger partial charge in [0.25, 0.3) is 0 Å². The predicted octanol–water partition coefficient (Wildman–Crippen LogP) is 2.43. The molecule has 3 nitrogen and oxygen atoms in total. The molecule has 4 heteroatoms. The normalized spacial score (nSPS) is 28.1. The van der Waals surface area contributed by atoms with Crippen LogP contribution in [0.5, 0.6) is 5.75 Å². The molecule has 0 aromatic heterocycles. The lowest BCUT2D eigenvalue weighted by Gasteiger charge is -2.37. The summed E-state index contributed by atoms with van der Waals surface area (Å²) in [6, 6.07) is 7.96. The van der Waals surface area contributed by atoms with E-state index in [1.54, 1.807) is 0 Å². The predicted molar refractivity (Wildman–Crippen MR) is 86.6 cm³/mol. The van der Waals surface area contributed by atoms with E-state index in [-0.39, 0.29) is 11.7 Å². The van der Waals surface area contributed by atoms with Crippen molar-refractivity contribution in [1.29, 1.82) is 0 Å². The van der Waals surface area contributed by atoms with Crippen LogP contribution >= 0.6 is 11.8 Å². The van der Waals surface area contributed by atoms with Crippen LogP contribution in [0.4, 0.5) is 0 Å². The second-order valence-electron chi connectivity index (χ2n) is 5.60. The third-order valence-corrected chi connectivity index (χ3v) is 5.21. The van der Waals surface area contributed by atoms with Crippen molar-refractivity contribution in [2.24, 2.45) is 5.73 Å². The number of benzene rings is 1. The van der Waals surface area contributed by atoms with Crippen molar-refractivity contribution in [1.82, 2.24) is 0 Å². The first-order valence-electron chi connectivity index (χ1n) is 7.47. The van der Waals surface area contributed by atoms with Gasteiger partial charge in [-0.2, -0.15) is 11.8 Å². The van der Waals surface area contributed by atoms with E-state index in [9.17, 15) is 0 Å². The van der Waals surface area contributed by atoms with Gasteiger partial charge in [-0.1, -0.05) is 17.9 Å². The van der Waals surface area contributed by atoms with Gasteiger partial charge in [-0.25, -0.2) is 0 Å². The Bertz CT molecular complexity index is 543. The van der Waals surface area contributed by atoms with Gasteiger partial charge in [0.15, 0.2) is 0 Å². The van der Waals surface area contributed by atoms with Gasteiger partial charge in [0.1, 0.15) is 11.9 Å². The highest BCUT2D eigenvalue weighted by Crippen LogP contribution is 2.39. The van der Waals surface area contributed by atoms with Crippen LogP contribution in [0.2, 0.25) is 0 Å². The molecule has 0 amide bonds. The Balaban J connectivity index is 1.65. The lowest BCUT2D eigenvalue weighted by Crippen LogP contribution is -2.43. The number of rotatable bonds is 2. The molecule has 2 heterocycles. The highest BCUT2D eigenvalue weighted by atomic mass is 32.2. The molecule has 112 valence electrons. The molecule has 21 heavy (non-hydrogen) atoms. The first-order valence-corrected chi connectivity index (χ1v) is 8.63. The Kier molecular flexibility index (Phi) is 4.74. The molecule has 2 N–H and O–H groups in total. The minimum absolute atomic E-state index is 0.0601. The number of hydrogen-bond donors (Lipinski definition) is 1. The molecule has 1 spiro atoms. The van der Waals surface area contributed by atoms with Gasteiger partial charge < -0.3 is 15.2 Å². The first-order chi connectivity index (χ1) is 10.3. The van der Waals surface area contributed by atoms with Crippen LogP contribution in [-0.2, 0) is 4.74 Å². The Morgan fingerprint density at radius 1 is 1.48 bits per heavy atom. The van der Waals surface area contributed by atoms with Crippen LogP contribution in [0.3, 0.4) is 0 Å². The zero-order valence-corrected chi connectivity index (χ0v) is 13.0. The summed E-state index contributed by atoms with van der Waals surface area (Å²) >= 11 is 1.99. The molecule has 2 aliphatic rings. The smallest absolute Gasteiger partial charge is 0.120 e. The van der Waals surface area contributed by atoms with Crippen molar-refractivity contribution in [2.75, 3.05) is 24.7 Å². The van der Waals surface area contributed by atoms with Crippen molar-refractivity contribution in [3.8, 4) is 17.6 Å². The van der Waals surface area contributed by atoms with Crippen molar-refractivity contribution in [2.45, 2.75) is 31.0 Å². The Hall–Kier alpha value is -1.15. The highest BCUT2D eigenvalue weighted by molar-refractivity contribution is 7.99. The fraction of sp³-hybridized carbons (Fsp3) is 0.529. The standard InChI is InChI=1S/C17H21NO2S/c18-8-2-4-14-3-1-5-15(11-14)20-16-6-9-19-17(12-16)7-10-21-13-17/h1,3,5,11,16H,6-10,12-13,18H2. The summed E-state index contributed by atoms with van der Waals surface area (Å²) in [6.45, 7) is 1.18. The van der Waals surface area contributed by atoms with Crippen LogP contribution in [-0.4, -0.2) is 36.4 Å². The van der Waals surface area contributed by atoms with Crippen molar-refractivity contribution >= 4 is 11.8 Å². The molecule has 3 rings (SSSR count). The van der Waals surface area contributed by atoms with Crippen molar-refractivity contribution < 1.29 is 9.47 Å². The molecule has 2 saturated heterocycles. The summed E-state index contributed by atoms with van der Waals surface area (Å²) < 4.78 is 12.2. The van der Waals surface area contributed by atoms with Gasteiger partial charge in [0, 0.05) is 24.2 Å². The van der Waals surface area contributed by atoms with Crippen molar-refractivity contribution in [3.63, 3.8) is 0 Å². The van der Waals surface area contributed by atoms with Crippen LogP contribution in [0.1, 0.15) is 24.8 Å². The van der Waals surface area contributed by atoms with Gasteiger partial charge in [-0.3, -0.25) is 0 Å². The SMILES string of the molecule is NCC#Cc1cccc(OC2CCOC3(CCSC3)C2)c1. The van der Waals surface area contributed by atoms with Gasteiger partial charge in [0.05, 0.1) is 18.8 Å². The van der Waals surface area contributed by atoms with Gasteiger partial charge in [0.2, 0.25) is 0 Å². The van der Waals surface area contributed by atoms with E-state index in [1.165, 1.54) is 5.75 Å². The van der Waals surface area contributed by atoms with Crippen LogP contribution < -0.4 is 10.5 Å².